The summed E-state index contributed by atoms with van der Waals surface area (Å²) in [6.45, 7) is 4.07. The van der Waals surface area contributed by atoms with E-state index in [0.29, 0.717) is 11.5 Å². The van der Waals surface area contributed by atoms with Crippen LogP contribution in [0.25, 0.3) is 0 Å². The van der Waals surface area contributed by atoms with Gasteiger partial charge in [-0.3, -0.25) is 4.79 Å². The van der Waals surface area contributed by atoms with E-state index >= 15 is 0 Å². The Hall–Kier alpha value is -2.04. The highest BCUT2D eigenvalue weighted by atomic mass is 35.5. The Kier molecular flexibility index (Phi) is 5.78. The molecule has 142 valence electrons. The predicted molar refractivity (Wildman–Crippen MR) is 103 cm³/mol. The molecule has 27 heavy (non-hydrogen) atoms. The summed E-state index contributed by atoms with van der Waals surface area (Å²) >= 11 is 11.4. The van der Waals surface area contributed by atoms with E-state index in [1.54, 1.807) is 36.4 Å². The van der Waals surface area contributed by atoms with Gasteiger partial charge in [-0.15, -0.1) is 0 Å². The number of benzene rings is 2. The first-order valence-corrected chi connectivity index (χ1v) is 9.25. The second kappa shape index (κ2) is 7.91. The van der Waals surface area contributed by atoms with Crippen LogP contribution >= 0.6 is 23.2 Å². The maximum absolute atomic E-state index is 13.3. The second-order valence-electron chi connectivity index (χ2n) is 7.10. The van der Waals surface area contributed by atoms with Crippen molar-refractivity contribution in [2.45, 2.75) is 20.5 Å². The topological polar surface area (TPSA) is 35.5 Å². The zero-order valence-electron chi connectivity index (χ0n) is 14.9. The van der Waals surface area contributed by atoms with Gasteiger partial charge in [0.1, 0.15) is 28.4 Å². The Labute approximate surface area is 167 Å². The molecule has 2 unspecified atom stereocenters. The molecule has 0 aliphatic heterocycles. The van der Waals surface area contributed by atoms with E-state index in [4.69, 9.17) is 32.7 Å². The molecule has 0 radical (unpaired) electrons. The quantitative estimate of drug-likeness (QED) is 0.529. The van der Waals surface area contributed by atoms with Gasteiger partial charge in [0.25, 0.3) is 0 Å². The lowest BCUT2D eigenvalue weighted by Crippen LogP contribution is -2.10. The van der Waals surface area contributed by atoms with Gasteiger partial charge in [0.15, 0.2) is 0 Å². The van der Waals surface area contributed by atoms with Crippen molar-refractivity contribution in [3.8, 4) is 11.5 Å². The van der Waals surface area contributed by atoms with Gasteiger partial charge in [-0.25, -0.2) is 4.39 Å². The van der Waals surface area contributed by atoms with E-state index in [1.807, 2.05) is 19.9 Å². The number of carbonyl (C=O) groups is 1. The van der Waals surface area contributed by atoms with Crippen molar-refractivity contribution in [1.82, 2.24) is 0 Å². The number of ether oxygens (including phenoxy) is 2. The third-order valence-electron chi connectivity index (χ3n) is 4.78. The number of halogens is 3. The minimum absolute atomic E-state index is 0.0300. The Balaban J connectivity index is 1.60. The van der Waals surface area contributed by atoms with Crippen LogP contribution in [-0.2, 0) is 16.1 Å². The zero-order valence-corrected chi connectivity index (χ0v) is 16.4. The maximum Gasteiger partial charge on any atom is 0.310 e. The van der Waals surface area contributed by atoms with Crippen molar-refractivity contribution >= 4 is 29.2 Å². The monoisotopic (exact) mass is 408 g/mol. The van der Waals surface area contributed by atoms with Gasteiger partial charge in [-0.05, 0) is 47.2 Å². The summed E-state index contributed by atoms with van der Waals surface area (Å²) in [7, 11) is 0. The number of esters is 1. The standard InChI is InChI=1S/C21H19Cl2FO3/c1-21(2)17(11-18(22)23)19(21)20(25)26-12-13-5-3-7-15(9-13)27-16-8-4-6-14(24)10-16/h3-11,17,19H,12H2,1-2H3. The molecule has 0 N–H and O–H groups in total. The molecule has 2 aromatic rings. The summed E-state index contributed by atoms with van der Waals surface area (Å²) < 4.78 is 24.5. The van der Waals surface area contributed by atoms with E-state index in [-0.39, 0.29) is 40.1 Å². The first-order valence-electron chi connectivity index (χ1n) is 8.49. The minimum atomic E-state index is -0.370. The zero-order chi connectivity index (χ0) is 19.6. The largest absolute Gasteiger partial charge is 0.461 e. The molecule has 0 bridgehead atoms. The number of hydrogen-bond acceptors (Lipinski definition) is 3. The highest BCUT2D eigenvalue weighted by Crippen LogP contribution is 2.60. The molecule has 2 aromatic carbocycles. The van der Waals surface area contributed by atoms with Gasteiger partial charge >= 0.3 is 5.97 Å². The first kappa shape index (κ1) is 19.7. The fourth-order valence-corrected chi connectivity index (χ4v) is 3.46. The van der Waals surface area contributed by atoms with Crippen molar-refractivity contribution in [3.05, 3.63) is 70.5 Å². The Morgan fingerprint density at radius 1 is 1.15 bits per heavy atom. The summed E-state index contributed by atoms with van der Waals surface area (Å²) in [4.78, 5) is 12.4. The number of hydrogen-bond donors (Lipinski definition) is 0. The lowest BCUT2D eigenvalue weighted by Gasteiger charge is -2.09. The number of carbonyl (C=O) groups excluding carboxylic acids is 1. The molecule has 0 heterocycles. The Morgan fingerprint density at radius 3 is 2.48 bits per heavy atom. The van der Waals surface area contributed by atoms with Gasteiger partial charge in [-0.1, -0.05) is 55.2 Å². The van der Waals surface area contributed by atoms with Crippen LogP contribution in [0.3, 0.4) is 0 Å². The lowest BCUT2D eigenvalue weighted by atomic mass is 10.1. The van der Waals surface area contributed by atoms with Crippen LogP contribution in [0.5, 0.6) is 11.5 Å². The number of allylic oxidation sites excluding steroid dienone is 1. The molecular weight excluding hydrogens is 390 g/mol. The summed E-state index contributed by atoms with van der Waals surface area (Å²) in [5, 5.41) is 0. The van der Waals surface area contributed by atoms with Crippen molar-refractivity contribution in [2.24, 2.45) is 17.3 Å². The van der Waals surface area contributed by atoms with E-state index in [0.717, 1.165) is 5.56 Å². The van der Waals surface area contributed by atoms with Crippen molar-refractivity contribution in [1.29, 1.82) is 0 Å². The summed E-state index contributed by atoms with van der Waals surface area (Å²) in [6, 6.07) is 13.0. The third kappa shape index (κ3) is 4.82. The van der Waals surface area contributed by atoms with E-state index in [9.17, 15) is 9.18 Å². The predicted octanol–water partition coefficient (Wildman–Crippen LogP) is 6.25. The average Bonchev–Trinajstić information content (AvgIpc) is 3.12. The first-order chi connectivity index (χ1) is 12.8. The molecule has 1 fully saturated rings. The number of rotatable bonds is 6. The van der Waals surface area contributed by atoms with Gasteiger partial charge in [0.2, 0.25) is 0 Å². The van der Waals surface area contributed by atoms with Crippen LogP contribution in [-0.4, -0.2) is 5.97 Å². The van der Waals surface area contributed by atoms with Crippen LogP contribution < -0.4 is 4.74 Å². The average molecular weight is 409 g/mol. The van der Waals surface area contributed by atoms with Crippen LogP contribution in [0, 0.1) is 23.1 Å². The molecular formula is C21H19Cl2FO3. The molecule has 3 rings (SSSR count). The van der Waals surface area contributed by atoms with Crippen molar-refractivity contribution in [2.75, 3.05) is 0 Å². The van der Waals surface area contributed by atoms with Gasteiger partial charge in [0, 0.05) is 6.07 Å². The highest BCUT2D eigenvalue weighted by Gasteiger charge is 2.61. The van der Waals surface area contributed by atoms with Crippen molar-refractivity contribution in [3.63, 3.8) is 0 Å². The lowest BCUT2D eigenvalue weighted by molar-refractivity contribution is -0.147. The fraction of sp³-hybridized carbons (Fsp3) is 0.286. The summed E-state index contributed by atoms with van der Waals surface area (Å²) in [6.07, 6.45) is 1.68. The van der Waals surface area contributed by atoms with Crippen LogP contribution in [0.4, 0.5) is 4.39 Å². The molecule has 0 aromatic heterocycles. The van der Waals surface area contributed by atoms with Crippen LogP contribution in [0.15, 0.2) is 59.1 Å². The molecule has 1 saturated carbocycles. The summed E-state index contributed by atoms with van der Waals surface area (Å²) in [5.41, 5.74) is 0.548. The smallest absolute Gasteiger partial charge is 0.310 e. The molecule has 6 heteroatoms. The van der Waals surface area contributed by atoms with E-state index < -0.39 is 0 Å². The molecule has 0 spiro atoms. The van der Waals surface area contributed by atoms with Gasteiger partial charge < -0.3 is 9.47 Å². The maximum atomic E-state index is 13.3. The van der Waals surface area contributed by atoms with E-state index in [2.05, 4.69) is 0 Å². The molecule has 2 atom stereocenters. The van der Waals surface area contributed by atoms with E-state index in [1.165, 1.54) is 12.1 Å². The van der Waals surface area contributed by atoms with Gasteiger partial charge in [0.05, 0.1) is 5.92 Å². The normalized spacial score (nSPS) is 19.9. The Bertz CT molecular complexity index is 875. The summed E-state index contributed by atoms with van der Waals surface area (Å²) in [5.74, 6) is -0.0148. The van der Waals surface area contributed by atoms with Crippen molar-refractivity contribution < 1.29 is 18.7 Å². The molecule has 1 aliphatic rings. The van der Waals surface area contributed by atoms with Crippen LogP contribution in [0.2, 0.25) is 0 Å². The fourth-order valence-electron chi connectivity index (χ4n) is 3.18. The second-order valence-corrected chi connectivity index (χ2v) is 8.10. The Morgan fingerprint density at radius 2 is 1.81 bits per heavy atom. The molecule has 0 amide bonds. The van der Waals surface area contributed by atoms with Crippen LogP contribution in [0.1, 0.15) is 19.4 Å². The molecule has 1 aliphatic carbocycles. The molecule has 3 nitrogen and oxygen atoms in total. The van der Waals surface area contributed by atoms with Gasteiger partial charge in [-0.2, -0.15) is 0 Å². The highest BCUT2D eigenvalue weighted by molar-refractivity contribution is 6.55. The third-order valence-corrected chi connectivity index (χ3v) is 5.03. The molecule has 0 saturated heterocycles. The minimum Gasteiger partial charge on any atom is -0.461 e. The SMILES string of the molecule is CC1(C)C(C=C(Cl)Cl)C1C(=O)OCc1cccc(Oc2cccc(F)c2)c1.